The molecule has 1 aromatic heterocycles. The molecule has 0 aliphatic heterocycles. The van der Waals surface area contributed by atoms with Crippen molar-refractivity contribution in [1.82, 2.24) is 5.32 Å². The molecule has 2 nitrogen and oxygen atoms in total. The van der Waals surface area contributed by atoms with E-state index in [4.69, 9.17) is 5.11 Å². The van der Waals surface area contributed by atoms with Crippen LogP contribution in [-0.4, -0.2) is 17.8 Å². The molecule has 14 heavy (non-hydrogen) atoms. The van der Waals surface area contributed by atoms with Crippen molar-refractivity contribution >= 4 is 11.3 Å². The molecule has 0 saturated heterocycles. The van der Waals surface area contributed by atoms with Crippen molar-refractivity contribution in [3.8, 4) is 0 Å². The summed E-state index contributed by atoms with van der Waals surface area (Å²) >= 11 is 1.73. The van der Waals surface area contributed by atoms with Gasteiger partial charge in [-0.25, -0.2) is 0 Å². The lowest BCUT2D eigenvalue weighted by Gasteiger charge is -2.18. The van der Waals surface area contributed by atoms with Crippen LogP contribution in [0.5, 0.6) is 0 Å². The second-order valence-corrected chi connectivity index (χ2v) is 4.49. The van der Waals surface area contributed by atoms with Gasteiger partial charge in [0.15, 0.2) is 0 Å². The van der Waals surface area contributed by atoms with Crippen molar-refractivity contribution in [2.75, 3.05) is 6.61 Å². The SMILES string of the molecule is CC(CCCO)NC(C)c1ccsc1. The van der Waals surface area contributed by atoms with Crippen molar-refractivity contribution < 1.29 is 5.11 Å². The summed E-state index contributed by atoms with van der Waals surface area (Å²) in [6, 6.07) is 3.04. The second kappa shape index (κ2) is 6.17. The number of thiophene rings is 1. The summed E-state index contributed by atoms with van der Waals surface area (Å²) in [7, 11) is 0. The highest BCUT2D eigenvalue weighted by atomic mass is 32.1. The molecule has 2 unspecified atom stereocenters. The molecule has 3 heteroatoms. The van der Waals surface area contributed by atoms with Gasteiger partial charge in [-0.3, -0.25) is 0 Å². The highest BCUT2D eigenvalue weighted by Crippen LogP contribution is 2.16. The van der Waals surface area contributed by atoms with Crippen LogP contribution in [0.25, 0.3) is 0 Å². The van der Waals surface area contributed by atoms with Crippen LogP contribution in [0, 0.1) is 0 Å². The highest BCUT2D eigenvalue weighted by Gasteiger charge is 2.08. The molecule has 0 radical (unpaired) electrons. The molecule has 0 saturated carbocycles. The van der Waals surface area contributed by atoms with E-state index in [9.17, 15) is 0 Å². The van der Waals surface area contributed by atoms with Gasteiger partial charge in [0.1, 0.15) is 0 Å². The minimum atomic E-state index is 0.291. The summed E-state index contributed by atoms with van der Waals surface area (Å²) in [4.78, 5) is 0. The molecule has 1 aromatic rings. The molecule has 80 valence electrons. The zero-order valence-electron chi connectivity index (χ0n) is 8.86. The van der Waals surface area contributed by atoms with E-state index in [-0.39, 0.29) is 0 Å². The largest absolute Gasteiger partial charge is 0.396 e. The Labute approximate surface area is 90.0 Å². The molecular weight excluding hydrogens is 194 g/mol. The van der Waals surface area contributed by atoms with Crippen LogP contribution in [0.2, 0.25) is 0 Å². The Bertz CT molecular complexity index is 235. The third-order valence-corrected chi connectivity index (χ3v) is 3.07. The van der Waals surface area contributed by atoms with Crippen molar-refractivity contribution in [2.45, 2.75) is 38.8 Å². The van der Waals surface area contributed by atoms with Crippen LogP contribution in [0.15, 0.2) is 16.8 Å². The molecule has 2 atom stereocenters. The minimum Gasteiger partial charge on any atom is -0.396 e. The molecular formula is C11H19NOS. The van der Waals surface area contributed by atoms with E-state index in [1.54, 1.807) is 11.3 Å². The Morgan fingerprint density at radius 1 is 1.50 bits per heavy atom. The zero-order valence-corrected chi connectivity index (χ0v) is 9.68. The lowest BCUT2D eigenvalue weighted by Crippen LogP contribution is -2.28. The Balaban J connectivity index is 2.29. The van der Waals surface area contributed by atoms with Crippen LogP contribution in [-0.2, 0) is 0 Å². The Hall–Kier alpha value is -0.380. The maximum Gasteiger partial charge on any atom is 0.0431 e. The van der Waals surface area contributed by atoms with Gasteiger partial charge in [-0.1, -0.05) is 0 Å². The fourth-order valence-electron chi connectivity index (χ4n) is 1.53. The van der Waals surface area contributed by atoms with Crippen molar-refractivity contribution in [2.24, 2.45) is 0 Å². The third kappa shape index (κ3) is 3.78. The summed E-state index contributed by atoms with van der Waals surface area (Å²) < 4.78 is 0. The predicted octanol–water partition coefficient (Wildman–Crippen LogP) is 2.56. The van der Waals surface area contributed by atoms with Gasteiger partial charge in [0, 0.05) is 18.7 Å². The Kier molecular flexibility index (Phi) is 5.15. The van der Waals surface area contributed by atoms with Crippen LogP contribution in [0.4, 0.5) is 0 Å². The first kappa shape index (κ1) is 11.7. The monoisotopic (exact) mass is 213 g/mol. The van der Waals surface area contributed by atoms with Crippen LogP contribution < -0.4 is 5.32 Å². The molecule has 1 rings (SSSR count). The van der Waals surface area contributed by atoms with Gasteiger partial charge in [0.25, 0.3) is 0 Å². The van der Waals surface area contributed by atoms with E-state index >= 15 is 0 Å². The maximum atomic E-state index is 8.71. The number of rotatable bonds is 6. The van der Waals surface area contributed by atoms with Gasteiger partial charge in [0.2, 0.25) is 0 Å². The molecule has 0 fully saturated rings. The van der Waals surface area contributed by atoms with E-state index in [1.807, 2.05) is 0 Å². The fraction of sp³-hybridized carbons (Fsp3) is 0.636. The van der Waals surface area contributed by atoms with E-state index in [2.05, 4.69) is 36.0 Å². The average molecular weight is 213 g/mol. The molecule has 0 aliphatic carbocycles. The summed E-state index contributed by atoms with van der Waals surface area (Å²) in [5.41, 5.74) is 1.35. The number of hydrogen-bond donors (Lipinski definition) is 2. The molecule has 0 amide bonds. The molecule has 1 heterocycles. The summed E-state index contributed by atoms with van der Waals surface area (Å²) in [6.07, 6.45) is 1.91. The normalized spacial score (nSPS) is 15.4. The van der Waals surface area contributed by atoms with Gasteiger partial charge >= 0.3 is 0 Å². The van der Waals surface area contributed by atoms with Crippen molar-refractivity contribution in [1.29, 1.82) is 0 Å². The summed E-state index contributed by atoms with van der Waals surface area (Å²) in [5.74, 6) is 0. The van der Waals surface area contributed by atoms with E-state index in [1.165, 1.54) is 5.56 Å². The smallest absolute Gasteiger partial charge is 0.0431 e. The first-order chi connectivity index (χ1) is 6.74. The van der Waals surface area contributed by atoms with Crippen LogP contribution >= 0.6 is 11.3 Å². The number of aliphatic hydroxyl groups excluding tert-OH is 1. The Morgan fingerprint density at radius 2 is 2.29 bits per heavy atom. The molecule has 0 aliphatic rings. The maximum absolute atomic E-state index is 8.71. The van der Waals surface area contributed by atoms with Gasteiger partial charge in [-0.05, 0) is 49.1 Å². The topological polar surface area (TPSA) is 32.3 Å². The van der Waals surface area contributed by atoms with Crippen molar-refractivity contribution in [3.63, 3.8) is 0 Å². The van der Waals surface area contributed by atoms with Gasteiger partial charge in [0.05, 0.1) is 0 Å². The molecule has 0 bridgehead atoms. The van der Waals surface area contributed by atoms with Gasteiger partial charge < -0.3 is 10.4 Å². The second-order valence-electron chi connectivity index (χ2n) is 3.71. The number of nitrogens with one attached hydrogen (secondary N) is 1. The standard InChI is InChI=1S/C11H19NOS/c1-9(4-3-6-13)12-10(2)11-5-7-14-8-11/h5,7-10,12-13H,3-4,6H2,1-2H3. The van der Waals surface area contributed by atoms with Crippen molar-refractivity contribution in [3.05, 3.63) is 22.4 Å². The quantitative estimate of drug-likeness (QED) is 0.761. The minimum absolute atomic E-state index is 0.291. The molecule has 2 N–H and O–H groups in total. The van der Waals surface area contributed by atoms with E-state index in [0.717, 1.165) is 12.8 Å². The summed E-state index contributed by atoms with van der Waals surface area (Å²) in [6.45, 7) is 4.63. The predicted molar refractivity (Wildman–Crippen MR) is 61.7 cm³/mol. The summed E-state index contributed by atoms with van der Waals surface area (Å²) in [5, 5.41) is 16.5. The van der Waals surface area contributed by atoms with E-state index < -0.39 is 0 Å². The van der Waals surface area contributed by atoms with Crippen LogP contribution in [0.1, 0.15) is 38.3 Å². The van der Waals surface area contributed by atoms with Crippen LogP contribution in [0.3, 0.4) is 0 Å². The first-order valence-electron chi connectivity index (χ1n) is 5.13. The first-order valence-corrected chi connectivity index (χ1v) is 6.07. The fourth-order valence-corrected chi connectivity index (χ4v) is 2.28. The molecule has 0 spiro atoms. The lowest BCUT2D eigenvalue weighted by atomic mass is 10.1. The lowest BCUT2D eigenvalue weighted by molar-refractivity contribution is 0.274. The average Bonchev–Trinajstić information content (AvgIpc) is 2.67. The van der Waals surface area contributed by atoms with Gasteiger partial charge in [-0.15, -0.1) is 0 Å². The van der Waals surface area contributed by atoms with Gasteiger partial charge in [-0.2, -0.15) is 11.3 Å². The Morgan fingerprint density at radius 3 is 2.86 bits per heavy atom. The number of aliphatic hydroxyl groups is 1. The molecule has 0 aromatic carbocycles. The third-order valence-electron chi connectivity index (χ3n) is 2.37. The highest BCUT2D eigenvalue weighted by molar-refractivity contribution is 7.07. The number of hydrogen-bond acceptors (Lipinski definition) is 3. The van der Waals surface area contributed by atoms with E-state index in [0.29, 0.717) is 18.7 Å². The zero-order chi connectivity index (χ0) is 10.4.